The predicted octanol–water partition coefficient (Wildman–Crippen LogP) is 2.12. The summed E-state index contributed by atoms with van der Waals surface area (Å²) >= 11 is 0. The minimum atomic E-state index is -1.20. The number of rotatable bonds is 3. The van der Waals surface area contributed by atoms with Crippen molar-refractivity contribution in [3.8, 4) is 0 Å². The fraction of sp³-hybridized carbons (Fsp3) is 0.429. The van der Waals surface area contributed by atoms with Crippen LogP contribution in [0.15, 0.2) is 12.1 Å². The standard InChI is InChI=1S/C14H15F3N2O2/c1-3-10-14(21)19(11(4-2)13(20)18-10)12-8(16)5-7(15)6-9(12)17/h5-6,10-11H,3-4H2,1-2H3,(H,18,20). The van der Waals surface area contributed by atoms with Crippen molar-refractivity contribution in [2.75, 3.05) is 4.90 Å². The molecular weight excluding hydrogens is 285 g/mol. The van der Waals surface area contributed by atoms with Gasteiger partial charge in [0.1, 0.15) is 23.6 Å². The zero-order chi connectivity index (χ0) is 15.7. The van der Waals surface area contributed by atoms with Gasteiger partial charge >= 0.3 is 0 Å². The quantitative estimate of drug-likeness (QED) is 0.929. The molecule has 114 valence electrons. The molecule has 1 N–H and O–H groups in total. The second kappa shape index (κ2) is 5.75. The van der Waals surface area contributed by atoms with E-state index in [1.54, 1.807) is 13.8 Å². The highest BCUT2D eigenvalue weighted by molar-refractivity contribution is 6.08. The van der Waals surface area contributed by atoms with E-state index in [0.29, 0.717) is 18.6 Å². The number of anilines is 1. The lowest BCUT2D eigenvalue weighted by molar-refractivity contribution is -0.134. The second-order valence-electron chi connectivity index (χ2n) is 4.82. The molecule has 0 radical (unpaired) electrons. The largest absolute Gasteiger partial charge is 0.342 e. The molecule has 2 unspecified atom stereocenters. The molecule has 21 heavy (non-hydrogen) atoms. The van der Waals surface area contributed by atoms with Crippen LogP contribution in [0, 0.1) is 17.5 Å². The van der Waals surface area contributed by atoms with Crippen LogP contribution in [0.2, 0.25) is 0 Å². The van der Waals surface area contributed by atoms with Crippen molar-refractivity contribution in [1.29, 1.82) is 0 Å². The minimum Gasteiger partial charge on any atom is -0.342 e. The van der Waals surface area contributed by atoms with Crippen molar-refractivity contribution in [2.24, 2.45) is 0 Å². The van der Waals surface area contributed by atoms with E-state index in [1.807, 2.05) is 0 Å². The van der Waals surface area contributed by atoms with E-state index >= 15 is 0 Å². The number of carbonyl (C=O) groups is 2. The van der Waals surface area contributed by atoms with Gasteiger partial charge in [0, 0.05) is 12.1 Å². The zero-order valence-corrected chi connectivity index (χ0v) is 11.6. The predicted molar refractivity (Wildman–Crippen MR) is 70.1 cm³/mol. The Kier molecular flexibility index (Phi) is 4.20. The third kappa shape index (κ3) is 2.59. The number of nitrogens with one attached hydrogen (secondary N) is 1. The second-order valence-corrected chi connectivity index (χ2v) is 4.82. The van der Waals surface area contributed by atoms with E-state index in [2.05, 4.69) is 5.32 Å². The molecule has 2 atom stereocenters. The first-order valence-electron chi connectivity index (χ1n) is 6.68. The Bertz CT molecular complexity index is 569. The highest BCUT2D eigenvalue weighted by Crippen LogP contribution is 2.30. The van der Waals surface area contributed by atoms with Crippen molar-refractivity contribution in [1.82, 2.24) is 5.32 Å². The third-order valence-electron chi connectivity index (χ3n) is 3.48. The summed E-state index contributed by atoms with van der Waals surface area (Å²) in [6.07, 6.45) is 0.478. The molecule has 0 saturated carbocycles. The number of amides is 2. The molecule has 0 spiro atoms. The molecule has 7 heteroatoms. The highest BCUT2D eigenvalue weighted by Gasteiger charge is 2.41. The first kappa shape index (κ1) is 15.3. The third-order valence-corrected chi connectivity index (χ3v) is 3.48. The van der Waals surface area contributed by atoms with Crippen LogP contribution in [-0.2, 0) is 9.59 Å². The number of hydrogen-bond acceptors (Lipinski definition) is 2. The molecule has 0 aromatic heterocycles. The molecule has 1 aliphatic rings. The molecule has 1 saturated heterocycles. The fourth-order valence-corrected chi connectivity index (χ4v) is 2.44. The van der Waals surface area contributed by atoms with Crippen molar-refractivity contribution in [3.05, 3.63) is 29.6 Å². The highest BCUT2D eigenvalue weighted by atomic mass is 19.1. The molecule has 0 aliphatic carbocycles. The Labute approximate surface area is 119 Å². The Morgan fingerprint density at radius 3 is 2.14 bits per heavy atom. The number of nitrogens with zero attached hydrogens (tertiary/aromatic N) is 1. The Morgan fingerprint density at radius 2 is 1.67 bits per heavy atom. The molecule has 2 amide bonds. The van der Waals surface area contributed by atoms with E-state index < -0.39 is 47.0 Å². The van der Waals surface area contributed by atoms with Crippen LogP contribution in [0.3, 0.4) is 0 Å². The Balaban J connectivity index is 2.57. The summed E-state index contributed by atoms with van der Waals surface area (Å²) in [5, 5.41) is 2.52. The van der Waals surface area contributed by atoms with Crippen LogP contribution in [0.1, 0.15) is 26.7 Å². The molecule has 1 heterocycles. The van der Waals surface area contributed by atoms with Crippen molar-refractivity contribution >= 4 is 17.5 Å². The summed E-state index contributed by atoms with van der Waals surface area (Å²) in [5.41, 5.74) is -0.679. The normalized spacial score (nSPS) is 22.4. The maximum absolute atomic E-state index is 13.9. The van der Waals surface area contributed by atoms with Crippen LogP contribution < -0.4 is 10.2 Å². The van der Waals surface area contributed by atoms with E-state index in [4.69, 9.17) is 0 Å². The van der Waals surface area contributed by atoms with Crippen molar-refractivity contribution < 1.29 is 22.8 Å². The lowest BCUT2D eigenvalue weighted by Crippen LogP contribution is -2.63. The Hall–Kier alpha value is -2.05. The van der Waals surface area contributed by atoms with Gasteiger partial charge in [-0.3, -0.25) is 14.5 Å². The molecule has 2 rings (SSSR count). The van der Waals surface area contributed by atoms with Crippen molar-refractivity contribution in [3.63, 3.8) is 0 Å². The van der Waals surface area contributed by atoms with E-state index in [-0.39, 0.29) is 6.42 Å². The molecule has 0 bridgehead atoms. The van der Waals surface area contributed by atoms with Gasteiger partial charge in [0.05, 0.1) is 0 Å². The summed E-state index contributed by atoms with van der Waals surface area (Å²) in [6.45, 7) is 3.29. The van der Waals surface area contributed by atoms with Crippen LogP contribution >= 0.6 is 0 Å². The van der Waals surface area contributed by atoms with Gasteiger partial charge in [-0.15, -0.1) is 0 Å². The number of piperazine rings is 1. The summed E-state index contributed by atoms with van der Waals surface area (Å²) in [7, 11) is 0. The first-order valence-corrected chi connectivity index (χ1v) is 6.68. The first-order chi connectivity index (χ1) is 9.90. The molecule has 1 aromatic carbocycles. The smallest absolute Gasteiger partial charge is 0.250 e. The minimum absolute atomic E-state index is 0.185. The van der Waals surface area contributed by atoms with Gasteiger partial charge in [-0.25, -0.2) is 13.2 Å². The Morgan fingerprint density at radius 1 is 1.10 bits per heavy atom. The van der Waals surface area contributed by atoms with Gasteiger partial charge in [-0.2, -0.15) is 0 Å². The SMILES string of the molecule is CCC1NC(=O)C(CC)N(c2c(F)cc(F)cc2F)C1=O. The average Bonchev–Trinajstić information content (AvgIpc) is 2.41. The molecule has 1 fully saturated rings. The number of hydrogen-bond donors (Lipinski definition) is 1. The van der Waals surface area contributed by atoms with Crippen LogP contribution in [0.5, 0.6) is 0 Å². The fourth-order valence-electron chi connectivity index (χ4n) is 2.44. The lowest BCUT2D eigenvalue weighted by atomic mass is 10.0. The summed E-state index contributed by atoms with van der Waals surface area (Å²) in [5.74, 6) is -4.57. The van der Waals surface area contributed by atoms with Gasteiger partial charge < -0.3 is 5.32 Å². The van der Waals surface area contributed by atoms with E-state index in [1.165, 1.54) is 0 Å². The van der Waals surface area contributed by atoms with E-state index in [0.717, 1.165) is 4.90 Å². The molecule has 1 aromatic rings. The molecule has 4 nitrogen and oxygen atoms in total. The number of halogens is 3. The van der Waals surface area contributed by atoms with Crippen LogP contribution in [-0.4, -0.2) is 23.9 Å². The van der Waals surface area contributed by atoms with Crippen LogP contribution in [0.4, 0.5) is 18.9 Å². The van der Waals surface area contributed by atoms with Gasteiger partial charge in [0.15, 0.2) is 11.6 Å². The van der Waals surface area contributed by atoms with E-state index in [9.17, 15) is 22.8 Å². The number of benzene rings is 1. The topological polar surface area (TPSA) is 49.4 Å². The lowest BCUT2D eigenvalue weighted by Gasteiger charge is -2.38. The summed E-state index contributed by atoms with van der Waals surface area (Å²) < 4.78 is 40.9. The summed E-state index contributed by atoms with van der Waals surface area (Å²) in [4.78, 5) is 25.1. The summed E-state index contributed by atoms with van der Waals surface area (Å²) in [6, 6.07) is -0.878. The molecule has 1 aliphatic heterocycles. The molecular formula is C14H15F3N2O2. The average molecular weight is 300 g/mol. The van der Waals surface area contributed by atoms with Gasteiger partial charge in [-0.1, -0.05) is 13.8 Å². The van der Waals surface area contributed by atoms with Crippen molar-refractivity contribution in [2.45, 2.75) is 38.8 Å². The monoisotopic (exact) mass is 300 g/mol. The maximum atomic E-state index is 13.9. The zero-order valence-electron chi connectivity index (χ0n) is 11.6. The number of carbonyl (C=O) groups excluding carboxylic acids is 2. The van der Waals surface area contributed by atoms with Gasteiger partial charge in [-0.05, 0) is 12.8 Å². The van der Waals surface area contributed by atoms with Crippen LogP contribution in [0.25, 0.3) is 0 Å². The van der Waals surface area contributed by atoms with Gasteiger partial charge in [0.25, 0.3) is 0 Å². The van der Waals surface area contributed by atoms with Gasteiger partial charge in [0.2, 0.25) is 11.8 Å². The maximum Gasteiger partial charge on any atom is 0.250 e.